The highest BCUT2D eigenvalue weighted by Crippen LogP contribution is 2.22. The summed E-state index contributed by atoms with van der Waals surface area (Å²) in [6.07, 6.45) is 0. The van der Waals surface area contributed by atoms with Gasteiger partial charge in [-0.15, -0.1) is 0 Å². The van der Waals surface area contributed by atoms with E-state index in [4.69, 9.17) is 11.6 Å². The van der Waals surface area contributed by atoms with Crippen molar-refractivity contribution in [3.05, 3.63) is 81.1 Å². The number of anilines is 1. The SMILES string of the molecule is Cc1ccc(-c2ccc(=O)n(C(C)C(=O)Nc3ccccc3Cl)n2)cc1C. The van der Waals surface area contributed by atoms with Crippen molar-refractivity contribution in [3.8, 4) is 11.3 Å². The Hall–Kier alpha value is -2.92. The highest BCUT2D eigenvalue weighted by Gasteiger charge is 2.19. The number of amides is 1. The highest BCUT2D eigenvalue weighted by atomic mass is 35.5. The molecule has 0 saturated heterocycles. The van der Waals surface area contributed by atoms with E-state index in [1.807, 2.05) is 32.0 Å². The molecule has 0 aliphatic heterocycles. The topological polar surface area (TPSA) is 64.0 Å². The number of halogens is 1. The summed E-state index contributed by atoms with van der Waals surface area (Å²) in [5.41, 5.74) is 4.00. The Morgan fingerprint density at radius 2 is 1.81 bits per heavy atom. The Morgan fingerprint density at radius 3 is 2.52 bits per heavy atom. The summed E-state index contributed by atoms with van der Waals surface area (Å²) in [5, 5.41) is 7.58. The maximum Gasteiger partial charge on any atom is 0.267 e. The number of hydrogen-bond acceptors (Lipinski definition) is 3. The van der Waals surface area contributed by atoms with Gasteiger partial charge in [-0.2, -0.15) is 5.10 Å². The van der Waals surface area contributed by atoms with Crippen LogP contribution in [0.25, 0.3) is 11.3 Å². The largest absolute Gasteiger partial charge is 0.323 e. The summed E-state index contributed by atoms with van der Waals surface area (Å²) in [4.78, 5) is 24.9. The summed E-state index contributed by atoms with van der Waals surface area (Å²) in [6.45, 7) is 5.69. The second kappa shape index (κ2) is 7.76. The molecule has 1 heterocycles. The number of rotatable bonds is 4. The maximum absolute atomic E-state index is 12.6. The van der Waals surface area contributed by atoms with Crippen molar-refractivity contribution in [3.63, 3.8) is 0 Å². The quantitative estimate of drug-likeness (QED) is 0.729. The molecule has 3 aromatic rings. The van der Waals surface area contributed by atoms with Gasteiger partial charge < -0.3 is 5.32 Å². The molecular weight excluding hydrogens is 362 g/mol. The summed E-state index contributed by atoms with van der Waals surface area (Å²) in [5.74, 6) is -0.366. The summed E-state index contributed by atoms with van der Waals surface area (Å²) < 4.78 is 1.19. The molecule has 0 fully saturated rings. The second-order valence-corrected chi connectivity index (χ2v) is 6.85. The molecule has 6 heteroatoms. The van der Waals surface area contributed by atoms with Gasteiger partial charge in [-0.05, 0) is 56.2 Å². The Labute approximate surface area is 162 Å². The zero-order valence-corrected chi connectivity index (χ0v) is 16.1. The normalized spacial score (nSPS) is 11.9. The molecule has 0 bridgehead atoms. The summed E-state index contributed by atoms with van der Waals surface area (Å²) >= 11 is 6.08. The monoisotopic (exact) mass is 381 g/mol. The lowest BCUT2D eigenvalue weighted by molar-refractivity contribution is -0.119. The van der Waals surface area contributed by atoms with Crippen molar-refractivity contribution < 1.29 is 4.79 Å². The molecule has 1 atom stereocenters. The molecule has 3 rings (SSSR count). The van der Waals surface area contributed by atoms with Gasteiger partial charge in [-0.1, -0.05) is 35.9 Å². The fraction of sp³-hybridized carbons (Fsp3) is 0.190. The van der Waals surface area contributed by atoms with E-state index in [0.29, 0.717) is 16.4 Å². The number of nitrogens with one attached hydrogen (secondary N) is 1. The Balaban J connectivity index is 1.91. The first kappa shape index (κ1) is 18.9. The molecule has 2 aromatic carbocycles. The zero-order chi connectivity index (χ0) is 19.6. The lowest BCUT2D eigenvalue weighted by Crippen LogP contribution is -2.33. The first-order valence-corrected chi connectivity index (χ1v) is 8.97. The fourth-order valence-corrected chi connectivity index (χ4v) is 2.85. The van der Waals surface area contributed by atoms with Crippen LogP contribution in [0.3, 0.4) is 0 Å². The van der Waals surface area contributed by atoms with Crippen molar-refractivity contribution in [2.24, 2.45) is 0 Å². The predicted molar refractivity (Wildman–Crippen MR) is 108 cm³/mol. The van der Waals surface area contributed by atoms with Gasteiger partial charge >= 0.3 is 0 Å². The Bertz CT molecular complexity index is 1060. The minimum Gasteiger partial charge on any atom is -0.323 e. The van der Waals surface area contributed by atoms with Gasteiger partial charge in [-0.3, -0.25) is 9.59 Å². The molecule has 0 aliphatic carbocycles. The fourth-order valence-electron chi connectivity index (χ4n) is 2.67. The number of aryl methyl sites for hydroxylation is 2. The van der Waals surface area contributed by atoms with Crippen molar-refractivity contribution in [1.82, 2.24) is 9.78 Å². The standard InChI is InChI=1S/C21H20ClN3O2/c1-13-8-9-16(12-14(13)2)18-10-11-20(26)25(24-18)15(3)21(27)23-19-7-5-4-6-17(19)22/h4-12,15H,1-3H3,(H,23,27). The third-order valence-electron chi connectivity index (χ3n) is 4.51. The Kier molecular flexibility index (Phi) is 5.42. The second-order valence-electron chi connectivity index (χ2n) is 6.45. The van der Waals surface area contributed by atoms with Crippen LogP contribution < -0.4 is 10.9 Å². The molecule has 1 amide bonds. The van der Waals surface area contributed by atoms with E-state index in [-0.39, 0.29) is 11.5 Å². The minimum absolute atomic E-state index is 0.343. The number of carbonyl (C=O) groups is 1. The van der Waals surface area contributed by atoms with E-state index in [1.165, 1.54) is 16.3 Å². The lowest BCUT2D eigenvalue weighted by atomic mass is 10.0. The molecule has 1 aromatic heterocycles. The van der Waals surface area contributed by atoms with E-state index < -0.39 is 6.04 Å². The third-order valence-corrected chi connectivity index (χ3v) is 4.84. The van der Waals surface area contributed by atoms with Crippen LogP contribution in [0.4, 0.5) is 5.69 Å². The van der Waals surface area contributed by atoms with Gasteiger partial charge in [-0.25, -0.2) is 4.68 Å². The van der Waals surface area contributed by atoms with Crippen molar-refractivity contribution >= 4 is 23.2 Å². The summed E-state index contributed by atoms with van der Waals surface area (Å²) in [7, 11) is 0. The van der Waals surface area contributed by atoms with Gasteiger partial charge in [0.25, 0.3) is 5.56 Å². The first-order valence-electron chi connectivity index (χ1n) is 8.59. The zero-order valence-electron chi connectivity index (χ0n) is 15.4. The molecule has 1 N–H and O–H groups in total. The number of aromatic nitrogens is 2. The Morgan fingerprint density at radius 1 is 1.07 bits per heavy atom. The highest BCUT2D eigenvalue weighted by molar-refractivity contribution is 6.33. The molecule has 27 heavy (non-hydrogen) atoms. The molecule has 5 nitrogen and oxygen atoms in total. The molecule has 138 valence electrons. The van der Waals surface area contributed by atoms with Crippen molar-refractivity contribution in [1.29, 1.82) is 0 Å². The van der Waals surface area contributed by atoms with E-state index in [2.05, 4.69) is 10.4 Å². The van der Waals surface area contributed by atoms with Gasteiger partial charge in [0.05, 0.1) is 16.4 Å². The number of nitrogens with zero attached hydrogens (tertiary/aromatic N) is 2. The van der Waals surface area contributed by atoms with Crippen LogP contribution >= 0.6 is 11.6 Å². The van der Waals surface area contributed by atoms with Crippen LogP contribution in [0.1, 0.15) is 24.1 Å². The van der Waals surface area contributed by atoms with Crippen LogP contribution in [0.2, 0.25) is 5.02 Å². The molecule has 0 radical (unpaired) electrons. The number of carbonyl (C=O) groups excluding carboxylic acids is 1. The lowest BCUT2D eigenvalue weighted by Gasteiger charge is -2.16. The first-order chi connectivity index (χ1) is 12.9. The number of para-hydroxylation sites is 1. The number of hydrogen-bond donors (Lipinski definition) is 1. The average Bonchev–Trinajstić information content (AvgIpc) is 2.65. The molecule has 1 unspecified atom stereocenters. The molecule has 0 spiro atoms. The van der Waals surface area contributed by atoms with E-state index in [9.17, 15) is 9.59 Å². The van der Waals surface area contributed by atoms with E-state index in [1.54, 1.807) is 37.3 Å². The van der Waals surface area contributed by atoms with Crippen LogP contribution in [0, 0.1) is 13.8 Å². The predicted octanol–water partition coefficient (Wildman–Crippen LogP) is 4.38. The minimum atomic E-state index is -0.791. The van der Waals surface area contributed by atoms with Crippen LogP contribution in [-0.2, 0) is 4.79 Å². The summed E-state index contributed by atoms with van der Waals surface area (Å²) in [6, 6.07) is 15.2. The molecule has 0 saturated carbocycles. The van der Waals surface area contributed by atoms with E-state index in [0.717, 1.165) is 11.1 Å². The van der Waals surface area contributed by atoms with Gasteiger partial charge in [0.2, 0.25) is 5.91 Å². The maximum atomic E-state index is 12.6. The molecular formula is C21H20ClN3O2. The van der Waals surface area contributed by atoms with Gasteiger partial charge in [0.1, 0.15) is 6.04 Å². The van der Waals surface area contributed by atoms with Gasteiger partial charge in [0.15, 0.2) is 0 Å². The number of benzene rings is 2. The van der Waals surface area contributed by atoms with Crippen LogP contribution in [0.5, 0.6) is 0 Å². The van der Waals surface area contributed by atoms with Crippen LogP contribution in [0.15, 0.2) is 59.4 Å². The van der Waals surface area contributed by atoms with E-state index >= 15 is 0 Å². The van der Waals surface area contributed by atoms with Gasteiger partial charge in [0, 0.05) is 11.6 Å². The third kappa shape index (κ3) is 4.09. The average molecular weight is 382 g/mol. The van der Waals surface area contributed by atoms with Crippen LogP contribution in [-0.4, -0.2) is 15.7 Å². The smallest absolute Gasteiger partial charge is 0.267 e. The van der Waals surface area contributed by atoms with Crippen molar-refractivity contribution in [2.45, 2.75) is 26.8 Å². The molecule has 0 aliphatic rings. The van der Waals surface area contributed by atoms with Crippen molar-refractivity contribution in [2.75, 3.05) is 5.32 Å².